The Balaban J connectivity index is 1.42. The van der Waals surface area contributed by atoms with Crippen molar-refractivity contribution < 1.29 is 19.5 Å². The van der Waals surface area contributed by atoms with E-state index in [-0.39, 0.29) is 22.7 Å². The van der Waals surface area contributed by atoms with Gasteiger partial charge in [0.1, 0.15) is 17.0 Å². The molecule has 3 aromatic carbocycles. The number of pyridine rings is 2. The van der Waals surface area contributed by atoms with Crippen LogP contribution in [0.15, 0.2) is 109 Å². The molecule has 8 nitrogen and oxygen atoms in total. The van der Waals surface area contributed by atoms with Gasteiger partial charge in [-0.1, -0.05) is 60.7 Å². The number of nitrogens with zero attached hydrogens (tertiary/aromatic N) is 3. The van der Waals surface area contributed by atoms with Gasteiger partial charge in [-0.05, 0) is 60.0 Å². The van der Waals surface area contributed by atoms with Crippen molar-refractivity contribution in [3.05, 3.63) is 138 Å². The lowest BCUT2D eigenvalue weighted by atomic mass is 10.0. The number of carbonyl (C=O) groups excluding carboxylic acids is 2. The van der Waals surface area contributed by atoms with Gasteiger partial charge in [-0.3, -0.25) is 19.0 Å². The molecule has 0 radical (unpaired) electrons. The molecule has 1 atom stereocenters. The summed E-state index contributed by atoms with van der Waals surface area (Å²) in [4.78, 5) is 47.7. The highest BCUT2D eigenvalue weighted by Crippen LogP contribution is 2.26. The maximum atomic E-state index is 13.8. The highest BCUT2D eigenvalue weighted by molar-refractivity contribution is 6.10. The maximum absolute atomic E-state index is 13.8. The first-order valence-electron chi connectivity index (χ1n) is 13.0. The molecule has 41 heavy (non-hydrogen) atoms. The van der Waals surface area contributed by atoms with E-state index in [9.17, 15) is 19.5 Å². The fraction of sp³-hybridized carbons (Fsp3) is 0.0606. The Hall–Kier alpha value is -5.63. The van der Waals surface area contributed by atoms with Crippen molar-refractivity contribution in [2.24, 2.45) is 0 Å². The zero-order valence-electron chi connectivity index (χ0n) is 22.0. The van der Waals surface area contributed by atoms with Crippen LogP contribution in [0.4, 0.5) is 0 Å². The average molecular weight is 541 g/mol. The second-order valence-corrected chi connectivity index (χ2v) is 9.69. The smallest absolute Gasteiger partial charge is 0.335 e. The molecule has 6 aromatic rings. The lowest BCUT2D eigenvalue weighted by molar-refractivity contribution is 0.0696. The van der Waals surface area contributed by atoms with E-state index in [4.69, 9.17) is 0 Å². The zero-order chi connectivity index (χ0) is 28.5. The number of ketones is 1. The molecule has 2 N–H and O–H groups in total. The minimum Gasteiger partial charge on any atom is -0.478 e. The summed E-state index contributed by atoms with van der Waals surface area (Å²) < 4.78 is 1.58. The first-order valence-corrected chi connectivity index (χ1v) is 13.0. The highest BCUT2D eigenvalue weighted by atomic mass is 16.4. The summed E-state index contributed by atoms with van der Waals surface area (Å²) in [5.41, 5.74) is 4.66. The standard InChI is InChI=1S/C33H24N4O4/c1-20(21-9-12-24(13-10-21)33(40)41)36-32(39)28-17-26(22-6-3-2-4-7-22)18-30-35-19-29(37(28)30)31(38)25-14-11-23-8-5-15-34-27(23)16-25/h2-20H,1H3,(H,36,39)(H,40,41)/t20-/m0/s1. The van der Waals surface area contributed by atoms with Crippen molar-refractivity contribution in [3.8, 4) is 11.1 Å². The van der Waals surface area contributed by atoms with Gasteiger partial charge in [0.2, 0.25) is 5.78 Å². The Morgan fingerprint density at radius 1 is 0.780 bits per heavy atom. The van der Waals surface area contributed by atoms with E-state index < -0.39 is 17.9 Å². The predicted molar refractivity (Wildman–Crippen MR) is 155 cm³/mol. The Morgan fingerprint density at radius 3 is 2.29 bits per heavy atom. The van der Waals surface area contributed by atoms with Crippen molar-refractivity contribution in [2.45, 2.75) is 13.0 Å². The molecule has 0 bridgehead atoms. The number of benzene rings is 3. The van der Waals surface area contributed by atoms with Crippen molar-refractivity contribution >= 4 is 34.2 Å². The fourth-order valence-electron chi connectivity index (χ4n) is 4.86. The van der Waals surface area contributed by atoms with Crippen LogP contribution in [0.1, 0.15) is 55.4 Å². The third-order valence-corrected chi connectivity index (χ3v) is 7.05. The van der Waals surface area contributed by atoms with Gasteiger partial charge in [-0.15, -0.1) is 0 Å². The van der Waals surface area contributed by atoms with Crippen molar-refractivity contribution in [1.82, 2.24) is 19.7 Å². The van der Waals surface area contributed by atoms with Crippen LogP contribution in [0, 0.1) is 0 Å². The SMILES string of the molecule is C[C@H](NC(=O)c1cc(-c2ccccc2)cc2ncc(C(=O)c3ccc4cccnc4c3)n12)c1ccc(C(=O)O)cc1. The summed E-state index contributed by atoms with van der Waals surface area (Å²) in [6.45, 7) is 1.81. The number of carboxylic acid groups (broad SMARTS) is 1. The Kier molecular flexibility index (Phi) is 6.57. The van der Waals surface area contributed by atoms with Gasteiger partial charge in [-0.2, -0.15) is 0 Å². The Morgan fingerprint density at radius 2 is 1.54 bits per heavy atom. The van der Waals surface area contributed by atoms with Gasteiger partial charge in [0.05, 0.1) is 23.3 Å². The largest absolute Gasteiger partial charge is 0.478 e. The molecular weight excluding hydrogens is 516 g/mol. The molecule has 0 saturated carbocycles. The van der Waals surface area contributed by atoms with Gasteiger partial charge >= 0.3 is 5.97 Å². The molecule has 0 fully saturated rings. The van der Waals surface area contributed by atoms with Gasteiger partial charge in [0.25, 0.3) is 5.91 Å². The number of rotatable bonds is 7. The molecule has 3 aromatic heterocycles. The van der Waals surface area contributed by atoms with E-state index in [1.54, 1.807) is 40.9 Å². The lowest BCUT2D eigenvalue weighted by Crippen LogP contribution is -2.29. The van der Waals surface area contributed by atoms with Crippen LogP contribution in [0.2, 0.25) is 0 Å². The van der Waals surface area contributed by atoms with E-state index in [1.807, 2.05) is 61.5 Å². The van der Waals surface area contributed by atoms with E-state index >= 15 is 0 Å². The van der Waals surface area contributed by atoms with Crippen LogP contribution in [0.25, 0.3) is 27.7 Å². The third-order valence-electron chi connectivity index (χ3n) is 7.05. The second kappa shape index (κ2) is 10.5. The van der Waals surface area contributed by atoms with E-state index in [0.29, 0.717) is 16.7 Å². The van der Waals surface area contributed by atoms with Crippen LogP contribution in [0.3, 0.4) is 0 Å². The van der Waals surface area contributed by atoms with Gasteiger partial charge in [-0.25, -0.2) is 9.78 Å². The monoisotopic (exact) mass is 540 g/mol. The molecule has 0 aliphatic rings. The molecule has 0 unspecified atom stereocenters. The Labute approximate surface area is 234 Å². The van der Waals surface area contributed by atoms with Crippen molar-refractivity contribution in [2.75, 3.05) is 0 Å². The van der Waals surface area contributed by atoms with E-state index in [1.165, 1.54) is 18.3 Å². The zero-order valence-corrected chi connectivity index (χ0v) is 22.0. The van der Waals surface area contributed by atoms with Crippen LogP contribution < -0.4 is 5.32 Å². The maximum Gasteiger partial charge on any atom is 0.335 e. The number of hydrogen-bond donors (Lipinski definition) is 2. The van der Waals surface area contributed by atoms with Gasteiger partial charge < -0.3 is 10.4 Å². The molecule has 6 rings (SSSR count). The minimum absolute atomic E-state index is 0.162. The summed E-state index contributed by atoms with van der Waals surface area (Å²) in [6.07, 6.45) is 3.16. The normalized spacial score (nSPS) is 11.8. The van der Waals surface area contributed by atoms with Crippen molar-refractivity contribution in [1.29, 1.82) is 0 Å². The molecular formula is C33H24N4O4. The van der Waals surface area contributed by atoms with Crippen LogP contribution in [-0.4, -0.2) is 37.1 Å². The number of aromatic nitrogens is 3. The lowest BCUT2D eigenvalue weighted by Gasteiger charge is -2.17. The number of aromatic carboxylic acids is 1. The van der Waals surface area contributed by atoms with Crippen LogP contribution in [0.5, 0.6) is 0 Å². The summed E-state index contributed by atoms with van der Waals surface area (Å²) in [6, 6.07) is 28.2. The number of fused-ring (bicyclic) bond motifs is 2. The Bertz CT molecular complexity index is 1950. The summed E-state index contributed by atoms with van der Waals surface area (Å²) in [7, 11) is 0. The molecule has 0 spiro atoms. The van der Waals surface area contributed by atoms with E-state index in [2.05, 4.69) is 15.3 Å². The van der Waals surface area contributed by atoms with Crippen molar-refractivity contribution in [3.63, 3.8) is 0 Å². The number of hydrogen-bond acceptors (Lipinski definition) is 5. The minimum atomic E-state index is -1.02. The molecule has 3 heterocycles. The van der Waals surface area contributed by atoms with Gasteiger partial charge in [0, 0.05) is 17.1 Å². The van der Waals surface area contributed by atoms with Gasteiger partial charge in [0.15, 0.2) is 0 Å². The summed E-state index contributed by atoms with van der Waals surface area (Å²) in [5.74, 6) is -1.72. The molecule has 0 aliphatic heterocycles. The third kappa shape index (κ3) is 4.94. The number of imidazole rings is 1. The molecule has 0 saturated heterocycles. The summed E-state index contributed by atoms with van der Waals surface area (Å²) in [5, 5.41) is 13.1. The predicted octanol–water partition coefficient (Wildman–Crippen LogP) is 5.97. The second-order valence-electron chi connectivity index (χ2n) is 9.69. The van der Waals surface area contributed by atoms with Crippen LogP contribution >= 0.6 is 0 Å². The first kappa shape index (κ1) is 25.6. The number of amides is 1. The van der Waals surface area contributed by atoms with Crippen LogP contribution in [-0.2, 0) is 0 Å². The fourth-order valence-corrected chi connectivity index (χ4v) is 4.86. The average Bonchev–Trinajstić information content (AvgIpc) is 3.44. The first-order chi connectivity index (χ1) is 19.9. The number of carbonyl (C=O) groups is 3. The highest BCUT2D eigenvalue weighted by Gasteiger charge is 2.23. The van der Waals surface area contributed by atoms with E-state index in [0.717, 1.165) is 22.1 Å². The number of nitrogens with one attached hydrogen (secondary N) is 1. The summed E-state index contributed by atoms with van der Waals surface area (Å²) >= 11 is 0. The quantitative estimate of drug-likeness (QED) is 0.241. The number of carboxylic acids is 1. The molecule has 8 heteroatoms. The molecule has 1 amide bonds. The topological polar surface area (TPSA) is 114 Å². The molecule has 200 valence electrons. The molecule has 0 aliphatic carbocycles.